The van der Waals surface area contributed by atoms with Gasteiger partial charge in [-0.2, -0.15) is 5.26 Å². The van der Waals surface area contributed by atoms with Crippen LogP contribution in [0, 0.1) is 17.2 Å². The molecule has 1 saturated heterocycles. The van der Waals surface area contributed by atoms with E-state index in [1.807, 2.05) is 24.3 Å². The average Bonchev–Trinajstić information content (AvgIpc) is 3.39. The highest BCUT2D eigenvalue weighted by molar-refractivity contribution is 5.70. The monoisotopic (exact) mass is 332 g/mol. The molecule has 4 rings (SSSR count). The molecule has 1 unspecified atom stereocenters. The molecule has 25 heavy (non-hydrogen) atoms. The Bertz CT molecular complexity index is 752. The van der Waals surface area contributed by atoms with E-state index in [-0.39, 0.29) is 0 Å². The SMILES string of the molecule is N#Cc1ccccc1-c1ccc(CN(CC2CCOC2)C2CC2)cc1. The first-order valence-electron chi connectivity index (χ1n) is 9.24. The lowest BCUT2D eigenvalue weighted by Crippen LogP contribution is -2.31. The van der Waals surface area contributed by atoms with Crippen LogP contribution in [-0.2, 0) is 11.3 Å². The number of rotatable bonds is 6. The van der Waals surface area contributed by atoms with Gasteiger partial charge in [-0.1, -0.05) is 42.5 Å². The number of ether oxygens (including phenoxy) is 1. The zero-order chi connectivity index (χ0) is 17.1. The molecule has 2 aliphatic rings. The van der Waals surface area contributed by atoms with Crippen LogP contribution in [0.5, 0.6) is 0 Å². The Morgan fingerprint density at radius 2 is 1.84 bits per heavy atom. The minimum absolute atomic E-state index is 0.697. The van der Waals surface area contributed by atoms with E-state index in [2.05, 4.69) is 35.2 Å². The first-order valence-corrected chi connectivity index (χ1v) is 9.24. The van der Waals surface area contributed by atoms with E-state index in [9.17, 15) is 5.26 Å². The van der Waals surface area contributed by atoms with E-state index < -0.39 is 0 Å². The molecular formula is C22H24N2O. The van der Waals surface area contributed by atoms with Crippen LogP contribution < -0.4 is 0 Å². The standard InChI is InChI=1S/C22H24N2O/c23-13-20-3-1-2-4-22(20)19-7-5-17(6-8-19)14-24(21-9-10-21)15-18-11-12-25-16-18/h1-8,18,21H,9-12,14-16H2. The summed E-state index contributed by atoms with van der Waals surface area (Å²) >= 11 is 0. The number of nitriles is 1. The van der Waals surface area contributed by atoms with Crippen molar-refractivity contribution in [3.63, 3.8) is 0 Å². The van der Waals surface area contributed by atoms with E-state index in [0.717, 1.165) is 49.0 Å². The van der Waals surface area contributed by atoms with Gasteiger partial charge in [0, 0.05) is 25.7 Å². The van der Waals surface area contributed by atoms with Crippen molar-refractivity contribution in [2.24, 2.45) is 5.92 Å². The van der Waals surface area contributed by atoms with E-state index in [1.54, 1.807) is 0 Å². The molecule has 2 fully saturated rings. The van der Waals surface area contributed by atoms with Gasteiger partial charge in [-0.15, -0.1) is 0 Å². The van der Waals surface area contributed by atoms with Crippen LogP contribution in [0.1, 0.15) is 30.4 Å². The first kappa shape index (κ1) is 16.3. The Morgan fingerprint density at radius 1 is 1.04 bits per heavy atom. The number of hydrogen-bond acceptors (Lipinski definition) is 3. The molecule has 1 aliphatic heterocycles. The Balaban J connectivity index is 1.46. The van der Waals surface area contributed by atoms with Crippen LogP contribution >= 0.6 is 0 Å². The highest BCUT2D eigenvalue weighted by atomic mass is 16.5. The lowest BCUT2D eigenvalue weighted by atomic mass is 9.99. The van der Waals surface area contributed by atoms with E-state index in [1.165, 1.54) is 24.8 Å². The van der Waals surface area contributed by atoms with Crippen LogP contribution in [0.2, 0.25) is 0 Å². The van der Waals surface area contributed by atoms with Crippen molar-refractivity contribution in [3.05, 3.63) is 59.7 Å². The Kier molecular flexibility index (Phi) is 4.83. The molecule has 0 N–H and O–H groups in total. The van der Waals surface area contributed by atoms with Gasteiger partial charge in [-0.3, -0.25) is 4.90 Å². The number of benzene rings is 2. The maximum Gasteiger partial charge on any atom is 0.0998 e. The van der Waals surface area contributed by atoms with Crippen molar-refractivity contribution >= 4 is 0 Å². The van der Waals surface area contributed by atoms with E-state index in [0.29, 0.717) is 5.92 Å². The van der Waals surface area contributed by atoms with Gasteiger partial charge in [0.05, 0.1) is 18.2 Å². The molecule has 1 atom stereocenters. The zero-order valence-electron chi connectivity index (χ0n) is 14.5. The highest BCUT2D eigenvalue weighted by Crippen LogP contribution is 2.31. The molecule has 3 nitrogen and oxygen atoms in total. The minimum Gasteiger partial charge on any atom is -0.381 e. The molecule has 2 aromatic carbocycles. The predicted molar refractivity (Wildman–Crippen MR) is 99.0 cm³/mol. The fourth-order valence-corrected chi connectivity index (χ4v) is 3.70. The van der Waals surface area contributed by atoms with Crippen LogP contribution in [0.25, 0.3) is 11.1 Å². The third-order valence-electron chi connectivity index (χ3n) is 5.28. The summed E-state index contributed by atoms with van der Waals surface area (Å²) in [5.74, 6) is 0.697. The average molecular weight is 332 g/mol. The maximum atomic E-state index is 9.29. The summed E-state index contributed by atoms with van der Waals surface area (Å²) in [5.41, 5.74) is 4.21. The summed E-state index contributed by atoms with van der Waals surface area (Å²) < 4.78 is 5.54. The summed E-state index contributed by atoms with van der Waals surface area (Å²) in [5, 5.41) is 9.29. The molecule has 0 amide bonds. The van der Waals surface area contributed by atoms with Gasteiger partial charge in [0.25, 0.3) is 0 Å². The van der Waals surface area contributed by atoms with Gasteiger partial charge in [0.2, 0.25) is 0 Å². The number of nitrogens with zero attached hydrogens (tertiary/aromatic N) is 2. The Labute approximate surface area is 149 Å². The summed E-state index contributed by atoms with van der Waals surface area (Å²) in [4.78, 5) is 2.64. The third-order valence-corrected chi connectivity index (χ3v) is 5.28. The van der Waals surface area contributed by atoms with Gasteiger partial charge in [0.1, 0.15) is 0 Å². The molecule has 0 spiro atoms. The maximum absolute atomic E-state index is 9.29. The smallest absolute Gasteiger partial charge is 0.0998 e. The van der Waals surface area contributed by atoms with Gasteiger partial charge < -0.3 is 4.74 Å². The van der Waals surface area contributed by atoms with Crippen LogP contribution in [0.4, 0.5) is 0 Å². The van der Waals surface area contributed by atoms with Crippen molar-refractivity contribution < 1.29 is 4.74 Å². The molecule has 1 heterocycles. The second kappa shape index (κ2) is 7.39. The van der Waals surface area contributed by atoms with Crippen molar-refractivity contribution in [3.8, 4) is 17.2 Å². The largest absolute Gasteiger partial charge is 0.381 e. The second-order valence-electron chi connectivity index (χ2n) is 7.24. The zero-order valence-corrected chi connectivity index (χ0v) is 14.5. The Morgan fingerprint density at radius 3 is 2.52 bits per heavy atom. The summed E-state index contributed by atoms with van der Waals surface area (Å²) in [6.45, 7) is 4.02. The van der Waals surface area contributed by atoms with Crippen LogP contribution in [0.3, 0.4) is 0 Å². The quantitative estimate of drug-likeness (QED) is 0.794. The fraction of sp³-hybridized carbons (Fsp3) is 0.409. The van der Waals surface area contributed by atoms with Crippen molar-refractivity contribution in [1.29, 1.82) is 5.26 Å². The summed E-state index contributed by atoms with van der Waals surface area (Å²) in [6.07, 6.45) is 3.87. The molecule has 1 saturated carbocycles. The third kappa shape index (κ3) is 3.92. The summed E-state index contributed by atoms with van der Waals surface area (Å²) in [6, 6.07) is 19.6. The van der Waals surface area contributed by atoms with Gasteiger partial charge in [-0.05, 0) is 47.9 Å². The van der Waals surface area contributed by atoms with Crippen molar-refractivity contribution in [2.75, 3.05) is 19.8 Å². The number of hydrogen-bond donors (Lipinski definition) is 0. The molecule has 0 aromatic heterocycles. The topological polar surface area (TPSA) is 36.3 Å². The van der Waals surface area contributed by atoms with Crippen molar-refractivity contribution in [1.82, 2.24) is 4.90 Å². The molecule has 1 aliphatic carbocycles. The van der Waals surface area contributed by atoms with Crippen LogP contribution in [-0.4, -0.2) is 30.7 Å². The molecule has 0 bridgehead atoms. The second-order valence-corrected chi connectivity index (χ2v) is 7.24. The normalized spacial score (nSPS) is 19.9. The molecule has 2 aromatic rings. The molecule has 128 valence electrons. The van der Waals surface area contributed by atoms with Crippen LogP contribution in [0.15, 0.2) is 48.5 Å². The molecular weight excluding hydrogens is 308 g/mol. The lowest BCUT2D eigenvalue weighted by Gasteiger charge is -2.25. The summed E-state index contributed by atoms with van der Waals surface area (Å²) in [7, 11) is 0. The van der Waals surface area contributed by atoms with Gasteiger partial charge in [-0.25, -0.2) is 0 Å². The van der Waals surface area contributed by atoms with E-state index in [4.69, 9.17) is 4.74 Å². The van der Waals surface area contributed by atoms with E-state index >= 15 is 0 Å². The minimum atomic E-state index is 0.697. The van der Waals surface area contributed by atoms with Gasteiger partial charge in [0.15, 0.2) is 0 Å². The Hall–Kier alpha value is -2.15. The lowest BCUT2D eigenvalue weighted by molar-refractivity contribution is 0.161. The molecule has 3 heteroatoms. The van der Waals surface area contributed by atoms with Crippen molar-refractivity contribution in [2.45, 2.75) is 31.8 Å². The fourth-order valence-electron chi connectivity index (χ4n) is 3.70. The highest BCUT2D eigenvalue weighted by Gasteiger charge is 2.31. The molecule has 0 radical (unpaired) electrons. The predicted octanol–water partition coefficient (Wildman–Crippen LogP) is 4.23. The first-order chi connectivity index (χ1) is 12.3. The van der Waals surface area contributed by atoms with Gasteiger partial charge >= 0.3 is 0 Å².